The van der Waals surface area contributed by atoms with Crippen LogP contribution in [0.25, 0.3) is 0 Å². The van der Waals surface area contributed by atoms with Gasteiger partial charge in [0.25, 0.3) is 5.91 Å². The molecule has 0 saturated carbocycles. The van der Waals surface area contributed by atoms with Gasteiger partial charge in [-0.1, -0.05) is 11.8 Å². The summed E-state index contributed by atoms with van der Waals surface area (Å²) < 4.78 is 5.30. The third kappa shape index (κ3) is 4.83. The normalized spacial score (nSPS) is 19.9. The Balaban J connectivity index is 1.50. The second kappa shape index (κ2) is 8.33. The van der Waals surface area contributed by atoms with Gasteiger partial charge in [-0.2, -0.15) is 4.99 Å². The quantitative estimate of drug-likeness (QED) is 0.822. The molecule has 2 heterocycles. The molecule has 1 aromatic carbocycles. The van der Waals surface area contributed by atoms with Gasteiger partial charge >= 0.3 is 0 Å². The molecule has 26 heavy (non-hydrogen) atoms. The summed E-state index contributed by atoms with van der Waals surface area (Å²) in [6.45, 7) is 4.08. The first-order chi connectivity index (χ1) is 12.5. The fourth-order valence-corrected chi connectivity index (χ4v) is 3.74. The predicted molar refractivity (Wildman–Crippen MR) is 100 cm³/mol. The molecule has 8 nitrogen and oxygen atoms in total. The van der Waals surface area contributed by atoms with Crippen LogP contribution in [0.4, 0.5) is 11.4 Å². The van der Waals surface area contributed by atoms with Crippen molar-refractivity contribution in [2.75, 3.05) is 36.9 Å². The number of aliphatic imine (C=N–C) groups is 1. The van der Waals surface area contributed by atoms with Gasteiger partial charge in [0.05, 0.1) is 13.2 Å². The van der Waals surface area contributed by atoms with E-state index in [0.717, 1.165) is 0 Å². The van der Waals surface area contributed by atoms with E-state index < -0.39 is 5.25 Å². The number of benzene rings is 1. The maximum atomic E-state index is 12.2. The Bertz CT molecular complexity index is 729. The molecular formula is C17H20N4O4S. The van der Waals surface area contributed by atoms with Gasteiger partial charge in [0.1, 0.15) is 5.25 Å². The molecule has 1 saturated heterocycles. The number of rotatable bonds is 4. The van der Waals surface area contributed by atoms with Crippen LogP contribution in [0.15, 0.2) is 29.3 Å². The number of amidine groups is 1. The van der Waals surface area contributed by atoms with Crippen LogP contribution >= 0.6 is 11.8 Å². The fraction of sp³-hybridized carbons (Fsp3) is 0.412. The van der Waals surface area contributed by atoms with Gasteiger partial charge in [-0.25, -0.2) is 0 Å². The highest BCUT2D eigenvalue weighted by Gasteiger charge is 2.33. The lowest BCUT2D eigenvalue weighted by molar-refractivity contribution is -0.121. The molecule has 1 atom stereocenters. The number of anilines is 2. The summed E-state index contributed by atoms with van der Waals surface area (Å²) in [6, 6.07) is 6.79. The number of hydrogen-bond acceptors (Lipinski definition) is 6. The fourth-order valence-electron chi connectivity index (χ4n) is 2.62. The summed E-state index contributed by atoms with van der Waals surface area (Å²) >= 11 is 1.34. The number of nitrogens with zero attached hydrogens (tertiary/aromatic N) is 2. The van der Waals surface area contributed by atoms with Crippen LogP contribution in [0, 0.1) is 0 Å². The van der Waals surface area contributed by atoms with Crippen LogP contribution in [0.3, 0.4) is 0 Å². The second-order valence-corrected chi connectivity index (χ2v) is 7.12. The Labute approximate surface area is 155 Å². The second-order valence-electron chi connectivity index (χ2n) is 5.95. The van der Waals surface area contributed by atoms with Gasteiger partial charge in [0.15, 0.2) is 5.17 Å². The molecule has 0 spiro atoms. The lowest BCUT2D eigenvalue weighted by Crippen LogP contribution is -2.39. The Morgan fingerprint density at radius 3 is 2.42 bits per heavy atom. The molecule has 0 bridgehead atoms. The molecule has 1 fully saturated rings. The van der Waals surface area contributed by atoms with E-state index in [0.29, 0.717) is 42.8 Å². The maximum Gasteiger partial charge on any atom is 0.262 e. The lowest BCUT2D eigenvalue weighted by Gasteiger charge is -2.27. The van der Waals surface area contributed by atoms with E-state index in [4.69, 9.17) is 4.74 Å². The van der Waals surface area contributed by atoms with E-state index >= 15 is 0 Å². The van der Waals surface area contributed by atoms with E-state index in [2.05, 4.69) is 15.6 Å². The highest BCUT2D eigenvalue weighted by atomic mass is 32.2. The SMILES string of the molecule is CC(=O)Nc1ccc(NC(=O)CC2SC(N3CCOCC3)=NC2=O)cc1. The van der Waals surface area contributed by atoms with Crippen LogP contribution in [-0.2, 0) is 19.1 Å². The molecular weight excluding hydrogens is 356 g/mol. The van der Waals surface area contributed by atoms with E-state index in [-0.39, 0.29) is 24.1 Å². The first kappa shape index (κ1) is 18.4. The molecule has 3 rings (SSSR count). The van der Waals surface area contributed by atoms with Gasteiger partial charge in [0, 0.05) is 37.8 Å². The van der Waals surface area contributed by atoms with E-state index in [1.807, 2.05) is 4.90 Å². The van der Waals surface area contributed by atoms with Crippen molar-refractivity contribution in [2.45, 2.75) is 18.6 Å². The number of nitrogens with one attached hydrogen (secondary N) is 2. The molecule has 0 aliphatic carbocycles. The number of carbonyl (C=O) groups excluding carboxylic acids is 3. The van der Waals surface area contributed by atoms with Crippen molar-refractivity contribution in [3.05, 3.63) is 24.3 Å². The number of carbonyl (C=O) groups is 3. The number of ether oxygens (including phenoxy) is 1. The number of amides is 3. The largest absolute Gasteiger partial charge is 0.378 e. The average Bonchev–Trinajstić information content (AvgIpc) is 2.97. The summed E-state index contributed by atoms with van der Waals surface area (Å²) in [4.78, 5) is 41.4. The first-order valence-electron chi connectivity index (χ1n) is 8.30. The molecule has 2 N–H and O–H groups in total. The lowest BCUT2D eigenvalue weighted by atomic mass is 10.2. The van der Waals surface area contributed by atoms with Crippen molar-refractivity contribution in [1.82, 2.24) is 4.90 Å². The topological polar surface area (TPSA) is 100 Å². The Kier molecular flexibility index (Phi) is 5.89. The van der Waals surface area contributed by atoms with Crippen LogP contribution in [-0.4, -0.2) is 59.3 Å². The Morgan fingerprint density at radius 1 is 1.19 bits per heavy atom. The minimum absolute atomic E-state index is 0.0638. The zero-order chi connectivity index (χ0) is 18.5. The minimum Gasteiger partial charge on any atom is -0.378 e. The summed E-state index contributed by atoms with van der Waals surface area (Å²) in [5, 5.41) is 5.60. The van der Waals surface area contributed by atoms with Crippen molar-refractivity contribution >= 4 is 46.0 Å². The molecule has 9 heteroatoms. The first-order valence-corrected chi connectivity index (χ1v) is 9.18. The molecule has 0 radical (unpaired) electrons. The average molecular weight is 376 g/mol. The zero-order valence-electron chi connectivity index (χ0n) is 14.4. The zero-order valence-corrected chi connectivity index (χ0v) is 15.2. The number of hydrogen-bond donors (Lipinski definition) is 2. The van der Waals surface area contributed by atoms with Gasteiger partial charge in [-0.15, -0.1) is 0 Å². The van der Waals surface area contributed by atoms with Crippen molar-refractivity contribution in [1.29, 1.82) is 0 Å². The number of thioether (sulfide) groups is 1. The van der Waals surface area contributed by atoms with Gasteiger partial charge < -0.3 is 20.3 Å². The summed E-state index contributed by atoms with van der Waals surface area (Å²) in [5.74, 6) is -0.677. The van der Waals surface area contributed by atoms with Crippen LogP contribution in [0.1, 0.15) is 13.3 Å². The van der Waals surface area contributed by atoms with Crippen molar-refractivity contribution in [3.63, 3.8) is 0 Å². The molecule has 0 aromatic heterocycles. The Hall–Kier alpha value is -2.39. The van der Waals surface area contributed by atoms with E-state index in [1.165, 1.54) is 18.7 Å². The molecule has 1 unspecified atom stereocenters. The molecule has 3 amide bonds. The standard InChI is InChI=1S/C17H20N4O4S/c1-11(22)18-12-2-4-13(5-3-12)19-15(23)10-14-16(24)20-17(26-14)21-6-8-25-9-7-21/h2-5,14H,6-10H2,1H3,(H,18,22)(H,19,23). The molecule has 2 aliphatic rings. The summed E-state index contributed by atoms with van der Waals surface area (Å²) in [6.07, 6.45) is 0.0638. The van der Waals surface area contributed by atoms with E-state index in [9.17, 15) is 14.4 Å². The van der Waals surface area contributed by atoms with Gasteiger partial charge in [-0.3, -0.25) is 14.4 Å². The molecule has 2 aliphatic heterocycles. The summed E-state index contributed by atoms with van der Waals surface area (Å²) in [7, 11) is 0. The number of morpholine rings is 1. The highest BCUT2D eigenvalue weighted by Crippen LogP contribution is 2.28. The third-order valence-corrected chi connectivity index (χ3v) is 5.08. The minimum atomic E-state index is -0.494. The van der Waals surface area contributed by atoms with Crippen LogP contribution < -0.4 is 10.6 Å². The summed E-state index contributed by atoms with van der Waals surface area (Å²) in [5.41, 5.74) is 1.26. The van der Waals surface area contributed by atoms with Crippen molar-refractivity contribution in [2.24, 2.45) is 4.99 Å². The van der Waals surface area contributed by atoms with Crippen molar-refractivity contribution in [3.8, 4) is 0 Å². The van der Waals surface area contributed by atoms with Crippen LogP contribution in [0.2, 0.25) is 0 Å². The predicted octanol–water partition coefficient (Wildman–Crippen LogP) is 1.30. The molecule has 1 aromatic rings. The van der Waals surface area contributed by atoms with Crippen LogP contribution in [0.5, 0.6) is 0 Å². The maximum absolute atomic E-state index is 12.2. The van der Waals surface area contributed by atoms with Crippen molar-refractivity contribution < 1.29 is 19.1 Å². The van der Waals surface area contributed by atoms with Gasteiger partial charge in [-0.05, 0) is 24.3 Å². The Morgan fingerprint density at radius 2 is 1.81 bits per heavy atom. The highest BCUT2D eigenvalue weighted by molar-refractivity contribution is 8.15. The third-order valence-electron chi connectivity index (χ3n) is 3.87. The smallest absolute Gasteiger partial charge is 0.262 e. The molecule has 138 valence electrons. The van der Waals surface area contributed by atoms with Gasteiger partial charge in [0.2, 0.25) is 11.8 Å². The van der Waals surface area contributed by atoms with E-state index in [1.54, 1.807) is 24.3 Å². The monoisotopic (exact) mass is 376 g/mol.